The third-order valence-electron chi connectivity index (χ3n) is 5.06. The second kappa shape index (κ2) is 15.7. The standard InChI is InChI=1S/C11H13BrN2O.C10H12N4O.C6H4BrNO2/c1-7(2)9(13)6-10(15)8-3-4-14-11(12)5-8;1-6(2)9-13-10(15-14-9)7-3-4-12-8(11)5-7;7-5-3-4(6(9)10)1-2-8-5/h3-5,7,13H,6H2,1-2H3;3-6H,1-2H3,(H2,11,12);1-3H,(H,9,10). The fourth-order valence-electron chi connectivity index (χ4n) is 2.76. The number of nitrogens with zero attached hydrogens (tertiary/aromatic N) is 5. The molecule has 4 aromatic rings. The van der Waals surface area contributed by atoms with E-state index in [1.165, 1.54) is 18.3 Å². The van der Waals surface area contributed by atoms with E-state index < -0.39 is 5.97 Å². The van der Waals surface area contributed by atoms with Gasteiger partial charge in [0.25, 0.3) is 5.89 Å². The number of ketones is 1. The predicted octanol–water partition coefficient (Wildman–Crippen LogP) is 6.47. The number of carboxylic acids is 1. The molecule has 0 aliphatic carbocycles. The molecule has 13 heteroatoms. The fourth-order valence-corrected chi connectivity index (χ4v) is 3.49. The van der Waals surface area contributed by atoms with Gasteiger partial charge in [0.1, 0.15) is 15.0 Å². The van der Waals surface area contributed by atoms with Gasteiger partial charge < -0.3 is 20.8 Å². The van der Waals surface area contributed by atoms with Gasteiger partial charge in [0.05, 0.1) is 5.56 Å². The number of carbonyl (C=O) groups is 2. The van der Waals surface area contributed by atoms with E-state index in [0.29, 0.717) is 38.0 Å². The van der Waals surface area contributed by atoms with Gasteiger partial charge in [-0.1, -0.05) is 32.9 Å². The van der Waals surface area contributed by atoms with E-state index in [0.717, 1.165) is 5.56 Å². The molecule has 210 valence electrons. The van der Waals surface area contributed by atoms with Crippen molar-refractivity contribution >= 4 is 55.1 Å². The molecule has 0 unspecified atom stereocenters. The average molecular weight is 675 g/mol. The van der Waals surface area contributed by atoms with Crippen LogP contribution in [-0.4, -0.2) is 47.7 Å². The zero-order valence-electron chi connectivity index (χ0n) is 22.3. The Morgan fingerprint density at radius 1 is 0.950 bits per heavy atom. The lowest BCUT2D eigenvalue weighted by atomic mass is 10.00. The SMILES string of the molecule is CC(C)C(=N)CC(=O)c1ccnc(Br)c1.CC(C)c1noc(-c2ccnc(N)c2)n1.O=C(O)c1ccnc(Br)c1. The van der Waals surface area contributed by atoms with Crippen molar-refractivity contribution < 1.29 is 19.2 Å². The second-order valence-corrected chi connectivity index (χ2v) is 10.5. The average Bonchev–Trinajstić information content (AvgIpc) is 3.40. The first kappa shape index (κ1) is 32.4. The zero-order chi connectivity index (χ0) is 29.8. The summed E-state index contributed by atoms with van der Waals surface area (Å²) in [5, 5.41) is 20.0. The molecule has 4 heterocycles. The maximum Gasteiger partial charge on any atom is 0.335 e. The molecule has 4 aromatic heterocycles. The molecule has 0 atom stereocenters. The first-order valence-electron chi connectivity index (χ1n) is 12.0. The number of aromatic carboxylic acids is 1. The number of halogens is 2. The van der Waals surface area contributed by atoms with Crippen LogP contribution in [0.3, 0.4) is 0 Å². The lowest BCUT2D eigenvalue weighted by molar-refractivity contribution is 0.0696. The molecule has 0 fully saturated rings. The van der Waals surface area contributed by atoms with Crippen molar-refractivity contribution in [3.8, 4) is 11.5 Å². The van der Waals surface area contributed by atoms with Crippen LogP contribution in [0.25, 0.3) is 11.5 Å². The summed E-state index contributed by atoms with van der Waals surface area (Å²) in [6.07, 6.45) is 4.82. The minimum atomic E-state index is -0.942. The van der Waals surface area contributed by atoms with E-state index >= 15 is 0 Å². The van der Waals surface area contributed by atoms with Gasteiger partial charge in [0, 0.05) is 47.8 Å². The summed E-state index contributed by atoms with van der Waals surface area (Å²) < 4.78 is 6.30. The number of aromatic nitrogens is 5. The topological polar surface area (TPSA) is 182 Å². The zero-order valence-corrected chi connectivity index (χ0v) is 25.5. The summed E-state index contributed by atoms with van der Waals surface area (Å²) in [5.41, 5.74) is 7.66. The van der Waals surface area contributed by atoms with Gasteiger partial charge in [-0.25, -0.2) is 19.7 Å². The first-order chi connectivity index (χ1) is 18.9. The van der Waals surface area contributed by atoms with E-state index in [2.05, 4.69) is 57.0 Å². The minimum Gasteiger partial charge on any atom is -0.478 e. The van der Waals surface area contributed by atoms with Gasteiger partial charge in [-0.05, 0) is 74.2 Å². The monoisotopic (exact) mass is 673 g/mol. The number of Topliss-reactive ketones (excluding diaryl/α,β-unsaturated/α-hetero) is 1. The smallest absolute Gasteiger partial charge is 0.335 e. The molecule has 0 bridgehead atoms. The van der Waals surface area contributed by atoms with Crippen LogP contribution in [0.1, 0.15) is 66.6 Å². The number of rotatable bonds is 7. The third-order valence-corrected chi connectivity index (χ3v) is 5.92. The van der Waals surface area contributed by atoms with E-state index in [4.69, 9.17) is 20.8 Å². The van der Waals surface area contributed by atoms with Gasteiger partial charge in [-0.2, -0.15) is 4.98 Å². The van der Waals surface area contributed by atoms with Crippen molar-refractivity contribution in [2.24, 2.45) is 5.92 Å². The highest BCUT2D eigenvalue weighted by Crippen LogP contribution is 2.20. The van der Waals surface area contributed by atoms with Gasteiger partial charge >= 0.3 is 5.97 Å². The third kappa shape index (κ3) is 10.7. The van der Waals surface area contributed by atoms with Crippen molar-refractivity contribution in [2.45, 2.75) is 40.0 Å². The van der Waals surface area contributed by atoms with Gasteiger partial charge in [0.2, 0.25) is 0 Å². The number of nitrogen functional groups attached to an aromatic ring is 1. The molecule has 0 aromatic carbocycles. The van der Waals surface area contributed by atoms with Crippen LogP contribution in [0, 0.1) is 11.3 Å². The molecular weight excluding hydrogens is 646 g/mol. The number of carbonyl (C=O) groups excluding carboxylic acids is 1. The van der Waals surface area contributed by atoms with Gasteiger partial charge in [0.15, 0.2) is 11.6 Å². The molecule has 0 radical (unpaired) electrons. The molecule has 0 saturated heterocycles. The van der Waals surface area contributed by atoms with E-state index in [-0.39, 0.29) is 29.6 Å². The largest absolute Gasteiger partial charge is 0.478 e. The number of anilines is 1. The molecule has 11 nitrogen and oxygen atoms in total. The number of hydrogen-bond acceptors (Lipinski definition) is 10. The normalized spacial score (nSPS) is 10.3. The number of nitrogens with one attached hydrogen (secondary N) is 1. The molecule has 0 aliphatic heterocycles. The van der Waals surface area contributed by atoms with Crippen molar-refractivity contribution in [3.05, 3.63) is 81.1 Å². The van der Waals surface area contributed by atoms with Crippen molar-refractivity contribution in [1.82, 2.24) is 25.1 Å². The van der Waals surface area contributed by atoms with Crippen LogP contribution < -0.4 is 5.73 Å². The van der Waals surface area contributed by atoms with E-state index in [9.17, 15) is 9.59 Å². The summed E-state index contributed by atoms with van der Waals surface area (Å²) in [7, 11) is 0. The van der Waals surface area contributed by atoms with Crippen LogP contribution in [0.4, 0.5) is 5.82 Å². The quantitative estimate of drug-likeness (QED) is 0.112. The summed E-state index contributed by atoms with van der Waals surface area (Å²) in [4.78, 5) is 37.9. The Morgan fingerprint density at radius 3 is 2.00 bits per heavy atom. The van der Waals surface area contributed by atoms with Crippen LogP contribution >= 0.6 is 31.9 Å². The van der Waals surface area contributed by atoms with Crippen molar-refractivity contribution in [3.63, 3.8) is 0 Å². The van der Waals surface area contributed by atoms with Crippen LogP contribution in [-0.2, 0) is 0 Å². The Bertz CT molecular complexity index is 1460. The number of nitrogens with two attached hydrogens (primary N) is 1. The number of hydrogen-bond donors (Lipinski definition) is 3. The summed E-state index contributed by atoms with van der Waals surface area (Å²) in [5.74, 6) is 1.02. The highest BCUT2D eigenvalue weighted by atomic mass is 79.9. The molecule has 0 aliphatic rings. The molecule has 4 N–H and O–H groups in total. The molecule has 40 heavy (non-hydrogen) atoms. The van der Waals surface area contributed by atoms with Gasteiger partial charge in [-0.15, -0.1) is 0 Å². The highest BCUT2D eigenvalue weighted by Gasteiger charge is 2.12. The lowest BCUT2D eigenvalue weighted by Gasteiger charge is -2.06. The van der Waals surface area contributed by atoms with E-state index in [1.807, 2.05) is 27.7 Å². The van der Waals surface area contributed by atoms with Crippen molar-refractivity contribution in [1.29, 1.82) is 5.41 Å². The van der Waals surface area contributed by atoms with Crippen LogP contribution in [0.5, 0.6) is 0 Å². The summed E-state index contributed by atoms with van der Waals surface area (Å²) in [6, 6.07) is 9.72. The Labute approximate surface area is 248 Å². The predicted molar refractivity (Wildman–Crippen MR) is 158 cm³/mol. The lowest BCUT2D eigenvalue weighted by Crippen LogP contribution is -2.12. The Hall–Kier alpha value is -3.84. The van der Waals surface area contributed by atoms with Crippen molar-refractivity contribution in [2.75, 3.05) is 5.73 Å². The highest BCUT2D eigenvalue weighted by molar-refractivity contribution is 9.10. The van der Waals surface area contributed by atoms with E-state index in [1.54, 1.807) is 36.7 Å². The Balaban J connectivity index is 0.000000215. The molecule has 0 saturated carbocycles. The number of carboxylic acid groups (broad SMARTS) is 1. The minimum absolute atomic E-state index is 0.0307. The number of pyridine rings is 3. The first-order valence-corrected chi connectivity index (χ1v) is 13.6. The summed E-state index contributed by atoms with van der Waals surface area (Å²) >= 11 is 6.26. The Kier molecular flexibility index (Phi) is 12.7. The summed E-state index contributed by atoms with van der Waals surface area (Å²) in [6.45, 7) is 7.85. The molecule has 4 rings (SSSR count). The Morgan fingerprint density at radius 2 is 1.52 bits per heavy atom. The second-order valence-electron chi connectivity index (χ2n) is 8.90. The molecule has 0 spiro atoms. The van der Waals surface area contributed by atoms with Gasteiger partial charge in [-0.3, -0.25) is 4.79 Å². The maximum absolute atomic E-state index is 11.7. The van der Waals surface area contributed by atoms with Crippen LogP contribution in [0.15, 0.2) is 68.7 Å². The maximum atomic E-state index is 11.7. The molecule has 0 amide bonds. The fraction of sp³-hybridized carbons (Fsp3) is 0.259. The molecular formula is C27H29Br2N7O4. The van der Waals surface area contributed by atoms with Crippen LogP contribution in [0.2, 0.25) is 0 Å².